The summed E-state index contributed by atoms with van der Waals surface area (Å²) in [6, 6.07) is 0. The Kier molecular flexibility index (Phi) is 16.2. The summed E-state index contributed by atoms with van der Waals surface area (Å²) in [6.07, 6.45) is 0. The van der Waals surface area contributed by atoms with Crippen molar-refractivity contribution in [1.82, 2.24) is 5.32 Å². The molecule has 0 spiro atoms. The summed E-state index contributed by atoms with van der Waals surface area (Å²) in [5, 5.41) is 2.93. The van der Waals surface area contributed by atoms with Gasteiger partial charge in [-0.1, -0.05) is 6.92 Å². The van der Waals surface area contributed by atoms with Crippen LogP contribution in [0.15, 0.2) is 0 Å². The molecule has 0 aliphatic rings. The van der Waals surface area contributed by atoms with E-state index in [9.17, 15) is 0 Å². The second kappa shape index (κ2) is 8.82. The monoisotopic (exact) mass is 107 g/mol. The van der Waals surface area contributed by atoms with Gasteiger partial charge in [-0.05, 0) is 13.6 Å². The van der Waals surface area contributed by atoms with Crippen LogP contribution in [0, 0.1) is 0 Å². The van der Waals surface area contributed by atoms with Gasteiger partial charge in [0, 0.05) is 0 Å². The Morgan fingerprint density at radius 2 is 1.80 bits per heavy atom. The molecular weight excluding hydrogens is 97.9 g/mol. The van der Waals surface area contributed by atoms with Gasteiger partial charge in [-0.25, -0.2) is 0 Å². The maximum Gasteiger partial charge on any atom is 4.00 e. The van der Waals surface area contributed by atoms with E-state index in [1.165, 1.54) is 0 Å². The molecular formula is C3H9NTi+4. The quantitative estimate of drug-likeness (QED) is 0.472. The molecule has 0 heterocycles. The zero-order valence-corrected chi connectivity index (χ0v) is 5.27. The van der Waals surface area contributed by atoms with Gasteiger partial charge in [0.1, 0.15) is 0 Å². The zero-order valence-electron chi connectivity index (χ0n) is 3.71. The molecule has 0 rings (SSSR count). The SMILES string of the molecule is CCNC.[Ti+4]. The number of rotatable bonds is 1. The number of hydrogen-bond donors (Lipinski definition) is 1. The van der Waals surface area contributed by atoms with Crippen molar-refractivity contribution in [3.05, 3.63) is 0 Å². The Bertz CT molecular complexity index is 8.85. The van der Waals surface area contributed by atoms with Gasteiger partial charge in [0.25, 0.3) is 0 Å². The van der Waals surface area contributed by atoms with Crippen LogP contribution >= 0.6 is 0 Å². The first-order valence-electron chi connectivity index (χ1n) is 1.56. The van der Waals surface area contributed by atoms with Gasteiger partial charge < -0.3 is 5.32 Å². The molecule has 0 aromatic rings. The van der Waals surface area contributed by atoms with E-state index in [4.69, 9.17) is 0 Å². The van der Waals surface area contributed by atoms with Gasteiger partial charge in [-0.3, -0.25) is 0 Å². The van der Waals surface area contributed by atoms with Gasteiger partial charge in [0.2, 0.25) is 0 Å². The van der Waals surface area contributed by atoms with Crippen molar-refractivity contribution in [1.29, 1.82) is 0 Å². The van der Waals surface area contributed by atoms with Gasteiger partial charge >= 0.3 is 21.7 Å². The van der Waals surface area contributed by atoms with Crippen LogP contribution in [-0.4, -0.2) is 13.6 Å². The molecule has 0 saturated heterocycles. The second-order valence-electron chi connectivity index (χ2n) is 0.707. The van der Waals surface area contributed by atoms with E-state index >= 15 is 0 Å². The third kappa shape index (κ3) is 11.9. The largest absolute Gasteiger partial charge is 4.00 e. The summed E-state index contributed by atoms with van der Waals surface area (Å²) in [7, 11) is 1.93. The molecule has 0 aliphatic heterocycles. The predicted molar refractivity (Wildman–Crippen MR) is 19.6 cm³/mol. The van der Waals surface area contributed by atoms with E-state index in [0.717, 1.165) is 6.54 Å². The molecule has 0 radical (unpaired) electrons. The van der Waals surface area contributed by atoms with Crippen LogP contribution < -0.4 is 5.32 Å². The normalized spacial score (nSPS) is 6.00. The van der Waals surface area contributed by atoms with E-state index in [2.05, 4.69) is 12.2 Å². The molecule has 0 atom stereocenters. The average molecular weight is 107 g/mol. The van der Waals surface area contributed by atoms with E-state index in [1.54, 1.807) is 0 Å². The van der Waals surface area contributed by atoms with E-state index in [1.807, 2.05) is 7.05 Å². The van der Waals surface area contributed by atoms with Crippen molar-refractivity contribution in [3.63, 3.8) is 0 Å². The van der Waals surface area contributed by atoms with Crippen molar-refractivity contribution in [2.24, 2.45) is 0 Å². The van der Waals surface area contributed by atoms with Crippen LogP contribution in [0.5, 0.6) is 0 Å². The Morgan fingerprint density at radius 1 is 1.60 bits per heavy atom. The minimum atomic E-state index is 0. The molecule has 0 unspecified atom stereocenters. The topological polar surface area (TPSA) is 12.0 Å². The fourth-order valence-corrected chi connectivity index (χ4v) is 0. The van der Waals surface area contributed by atoms with E-state index in [-0.39, 0.29) is 21.7 Å². The Morgan fingerprint density at radius 3 is 1.80 bits per heavy atom. The summed E-state index contributed by atoms with van der Waals surface area (Å²) < 4.78 is 0. The van der Waals surface area contributed by atoms with Crippen LogP contribution in [0.4, 0.5) is 0 Å². The van der Waals surface area contributed by atoms with Gasteiger partial charge in [-0.2, -0.15) is 0 Å². The zero-order chi connectivity index (χ0) is 3.41. The number of nitrogens with one attached hydrogen (secondary N) is 1. The van der Waals surface area contributed by atoms with Crippen LogP contribution in [0.3, 0.4) is 0 Å². The molecule has 0 aromatic carbocycles. The van der Waals surface area contributed by atoms with Gasteiger partial charge in [-0.15, -0.1) is 0 Å². The maximum atomic E-state index is 2.93. The van der Waals surface area contributed by atoms with Crippen molar-refractivity contribution in [3.8, 4) is 0 Å². The van der Waals surface area contributed by atoms with E-state index in [0.29, 0.717) is 0 Å². The summed E-state index contributed by atoms with van der Waals surface area (Å²) in [5.74, 6) is 0. The standard InChI is InChI=1S/C3H9N.Ti/c1-3-4-2;/h4H,3H2,1-2H3;/q;+4. The second-order valence-corrected chi connectivity index (χ2v) is 0.707. The molecule has 26 valence electrons. The molecule has 0 fully saturated rings. The first-order chi connectivity index (χ1) is 1.91. The van der Waals surface area contributed by atoms with Crippen molar-refractivity contribution >= 4 is 0 Å². The van der Waals surface area contributed by atoms with Crippen LogP contribution in [0.25, 0.3) is 0 Å². The van der Waals surface area contributed by atoms with Gasteiger partial charge in [0.05, 0.1) is 0 Å². The molecule has 5 heavy (non-hydrogen) atoms. The fourth-order valence-electron chi connectivity index (χ4n) is 0. The van der Waals surface area contributed by atoms with E-state index < -0.39 is 0 Å². The minimum Gasteiger partial charge on any atom is -0.320 e. The molecule has 0 saturated carbocycles. The Labute approximate surface area is 48.0 Å². The summed E-state index contributed by atoms with van der Waals surface area (Å²) in [6.45, 7) is 3.14. The average Bonchev–Trinajstić information content (AvgIpc) is 1.37. The third-order valence-electron chi connectivity index (χ3n) is 0.354. The van der Waals surface area contributed by atoms with Crippen molar-refractivity contribution < 1.29 is 21.7 Å². The van der Waals surface area contributed by atoms with Crippen molar-refractivity contribution in [2.45, 2.75) is 6.92 Å². The molecule has 0 bridgehead atoms. The summed E-state index contributed by atoms with van der Waals surface area (Å²) in [5.41, 5.74) is 0. The molecule has 2 heteroatoms. The predicted octanol–water partition coefficient (Wildman–Crippen LogP) is 0.223. The maximum absolute atomic E-state index is 2.93. The summed E-state index contributed by atoms with van der Waals surface area (Å²) >= 11 is 0. The van der Waals surface area contributed by atoms with Crippen LogP contribution in [0.2, 0.25) is 0 Å². The summed E-state index contributed by atoms with van der Waals surface area (Å²) in [4.78, 5) is 0. The first kappa shape index (κ1) is 9.18. The third-order valence-corrected chi connectivity index (χ3v) is 0.354. The Balaban J connectivity index is 0. The molecule has 0 aliphatic carbocycles. The molecule has 0 amide bonds. The van der Waals surface area contributed by atoms with Crippen molar-refractivity contribution in [2.75, 3.05) is 13.6 Å². The smallest absolute Gasteiger partial charge is 0.320 e. The molecule has 0 aromatic heterocycles. The van der Waals surface area contributed by atoms with Gasteiger partial charge in [0.15, 0.2) is 0 Å². The van der Waals surface area contributed by atoms with Crippen LogP contribution in [-0.2, 0) is 21.7 Å². The fraction of sp³-hybridized carbons (Fsp3) is 1.00. The number of hydrogen-bond acceptors (Lipinski definition) is 1. The minimum absolute atomic E-state index is 0. The molecule has 1 N–H and O–H groups in total. The first-order valence-corrected chi connectivity index (χ1v) is 1.56. The molecule has 1 nitrogen and oxygen atoms in total. The van der Waals surface area contributed by atoms with Crippen LogP contribution in [0.1, 0.15) is 6.92 Å². The Hall–Kier alpha value is 0.674.